The molecular formula is C28H37F5. The highest BCUT2D eigenvalue weighted by Crippen LogP contribution is 2.51. The second kappa shape index (κ2) is 10.5. The molecule has 4 rings (SSSR count). The van der Waals surface area contributed by atoms with Gasteiger partial charge in [0.05, 0.1) is 0 Å². The zero-order valence-electron chi connectivity index (χ0n) is 19.6. The maximum atomic E-state index is 14.1. The number of halogens is 5. The van der Waals surface area contributed by atoms with Crippen LogP contribution >= 0.6 is 0 Å². The third-order valence-electron chi connectivity index (χ3n) is 9.01. The van der Waals surface area contributed by atoms with E-state index in [1.165, 1.54) is 51.4 Å². The Kier molecular flexibility index (Phi) is 7.85. The first kappa shape index (κ1) is 24.7. The molecule has 0 N–H and O–H groups in total. The van der Waals surface area contributed by atoms with Gasteiger partial charge in [-0.2, -0.15) is 13.2 Å². The summed E-state index contributed by atoms with van der Waals surface area (Å²) in [5.74, 6) is 0.729. The van der Waals surface area contributed by atoms with E-state index in [4.69, 9.17) is 0 Å². The molecule has 5 heteroatoms. The van der Waals surface area contributed by atoms with Crippen molar-refractivity contribution >= 4 is 0 Å². The molecule has 0 aliphatic heterocycles. The van der Waals surface area contributed by atoms with Gasteiger partial charge in [0.2, 0.25) is 0 Å². The van der Waals surface area contributed by atoms with E-state index in [-0.39, 0.29) is 5.92 Å². The van der Waals surface area contributed by atoms with E-state index in [0.717, 1.165) is 55.6 Å². The lowest BCUT2D eigenvalue weighted by atomic mass is 9.60. The van der Waals surface area contributed by atoms with Crippen LogP contribution in [0.2, 0.25) is 0 Å². The molecule has 3 saturated carbocycles. The molecule has 0 amide bonds. The molecule has 1 aromatic carbocycles. The van der Waals surface area contributed by atoms with Crippen molar-refractivity contribution in [2.75, 3.05) is 0 Å². The lowest BCUT2D eigenvalue weighted by molar-refractivity contribution is -0.142. The minimum Gasteiger partial charge on any atom is -0.206 e. The van der Waals surface area contributed by atoms with Crippen LogP contribution in [0.3, 0.4) is 0 Å². The van der Waals surface area contributed by atoms with E-state index in [1.54, 1.807) is 0 Å². The molecule has 3 fully saturated rings. The third kappa shape index (κ3) is 5.82. The number of rotatable bonds is 5. The summed E-state index contributed by atoms with van der Waals surface area (Å²) < 4.78 is 66.9. The van der Waals surface area contributed by atoms with E-state index < -0.39 is 23.4 Å². The van der Waals surface area contributed by atoms with E-state index in [9.17, 15) is 22.0 Å². The van der Waals surface area contributed by atoms with Crippen LogP contribution in [-0.2, 0) is 6.18 Å². The molecule has 0 radical (unpaired) electrons. The van der Waals surface area contributed by atoms with Crippen LogP contribution in [0, 0.1) is 41.2 Å². The molecule has 184 valence electrons. The predicted molar refractivity (Wildman–Crippen MR) is 122 cm³/mol. The summed E-state index contributed by atoms with van der Waals surface area (Å²) in [7, 11) is 0. The quantitative estimate of drug-likeness (QED) is 0.298. The molecule has 0 saturated heterocycles. The highest BCUT2D eigenvalue weighted by atomic mass is 19.4. The zero-order valence-corrected chi connectivity index (χ0v) is 19.6. The van der Waals surface area contributed by atoms with Crippen LogP contribution in [-0.4, -0.2) is 0 Å². The number of benzene rings is 1. The molecule has 0 bridgehead atoms. The van der Waals surface area contributed by atoms with Crippen molar-refractivity contribution < 1.29 is 22.0 Å². The number of alkyl halides is 3. The summed E-state index contributed by atoms with van der Waals surface area (Å²) in [5.41, 5.74) is -1.37. The van der Waals surface area contributed by atoms with E-state index in [0.29, 0.717) is 17.4 Å². The van der Waals surface area contributed by atoms with E-state index in [1.807, 2.05) is 0 Å². The average Bonchev–Trinajstić information content (AvgIpc) is 2.77. The minimum atomic E-state index is -5.01. The van der Waals surface area contributed by atoms with Gasteiger partial charge in [-0.1, -0.05) is 25.0 Å². The Balaban J connectivity index is 1.31. The molecule has 0 spiro atoms. The van der Waals surface area contributed by atoms with Crippen molar-refractivity contribution in [3.63, 3.8) is 0 Å². The number of fused-ring (bicyclic) bond motifs is 1. The van der Waals surface area contributed by atoms with Crippen LogP contribution in [0.15, 0.2) is 24.3 Å². The summed E-state index contributed by atoms with van der Waals surface area (Å²) in [5, 5.41) is 0. The standard InChI is InChI=1S/C28H37F5/c1-2-3-4-5-18-6-8-19(9-7-18)20-10-11-22-15-23(13-12-21(22)14-20)24-16-25(29)27(26(30)17-24)28(31,32)33/h2-3,16-23H,4-15H2,1H3/b3-2+. The second-order valence-electron chi connectivity index (χ2n) is 10.9. The van der Waals surface area contributed by atoms with E-state index >= 15 is 0 Å². The number of hydrogen-bond acceptors (Lipinski definition) is 0. The summed E-state index contributed by atoms with van der Waals surface area (Å²) >= 11 is 0. The van der Waals surface area contributed by atoms with Crippen molar-refractivity contribution in [2.45, 2.75) is 96.1 Å². The van der Waals surface area contributed by atoms with E-state index in [2.05, 4.69) is 19.1 Å². The summed E-state index contributed by atoms with van der Waals surface area (Å²) in [6.07, 6.45) is 13.7. The van der Waals surface area contributed by atoms with Gasteiger partial charge in [0, 0.05) is 0 Å². The Morgan fingerprint density at radius 3 is 1.94 bits per heavy atom. The van der Waals surface area contributed by atoms with Gasteiger partial charge in [-0.15, -0.1) is 0 Å². The maximum Gasteiger partial charge on any atom is 0.422 e. The third-order valence-corrected chi connectivity index (χ3v) is 9.01. The monoisotopic (exact) mass is 468 g/mol. The lowest BCUT2D eigenvalue weighted by Gasteiger charge is -2.45. The fourth-order valence-corrected chi connectivity index (χ4v) is 7.20. The predicted octanol–water partition coefficient (Wildman–Crippen LogP) is 9.45. The number of allylic oxidation sites excluding steroid dienone is 2. The first-order valence-corrected chi connectivity index (χ1v) is 12.9. The molecule has 0 nitrogen and oxygen atoms in total. The fourth-order valence-electron chi connectivity index (χ4n) is 7.20. The van der Waals surface area contributed by atoms with Gasteiger partial charge < -0.3 is 0 Å². The number of hydrogen-bond donors (Lipinski definition) is 0. The molecule has 1 aromatic rings. The van der Waals surface area contributed by atoms with Gasteiger partial charge in [-0.3, -0.25) is 0 Å². The first-order valence-electron chi connectivity index (χ1n) is 12.9. The normalized spacial score (nSPS) is 33.3. The molecule has 0 heterocycles. The largest absolute Gasteiger partial charge is 0.422 e. The molecule has 3 aliphatic rings. The minimum absolute atomic E-state index is 0.0401. The highest BCUT2D eigenvalue weighted by Gasteiger charge is 2.41. The summed E-state index contributed by atoms with van der Waals surface area (Å²) in [4.78, 5) is 0. The fraction of sp³-hybridized carbons (Fsp3) is 0.714. The van der Waals surface area contributed by atoms with Crippen molar-refractivity contribution in [3.8, 4) is 0 Å². The van der Waals surface area contributed by atoms with Crippen LogP contribution in [0.4, 0.5) is 22.0 Å². The summed E-state index contributed by atoms with van der Waals surface area (Å²) in [6, 6.07) is 1.86. The molecule has 4 atom stereocenters. The van der Waals surface area contributed by atoms with Crippen molar-refractivity contribution in [2.24, 2.45) is 29.6 Å². The average molecular weight is 469 g/mol. The van der Waals surface area contributed by atoms with Gasteiger partial charge in [0.15, 0.2) is 0 Å². The van der Waals surface area contributed by atoms with Crippen molar-refractivity contribution in [3.05, 3.63) is 47.0 Å². The Hall–Kier alpha value is -1.39. The Morgan fingerprint density at radius 1 is 0.788 bits per heavy atom. The van der Waals surface area contributed by atoms with Gasteiger partial charge in [0.25, 0.3) is 0 Å². The molecular weight excluding hydrogens is 431 g/mol. The second-order valence-corrected chi connectivity index (χ2v) is 10.9. The maximum absolute atomic E-state index is 14.1. The van der Waals surface area contributed by atoms with Crippen LogP contribution in [0.1, 0.15) is 101 Å². The van der Waals surface area contributed by atoms with Gasteiger partial charge >= 0.3 is 6.18 Å². The van der Waals surface area contributed by atoms with Crippen LogP contribution in [0.5, 0.6) is 0 Å². The highest BCUT2D eigenvalue weighted by molar-refractivity contribution is 5.31. The molecule has 33 heavy (non-hydrogen) atoms. The smallest absolute Gasteiger partial charge is 0.206 e. The Morgan fingerprint density at radius 2 is 1.33 bits per heavy atom. The summed E-state index contributed by atoms with van der Waals surface area (Å²) in [6.45, 7) is 2.08. The zero-order chi connectivity index (χ0) is 23.6. The van der Waals surface area contributed by atoms with Gasteiger partial charge in [-0.25, -0.2) is 8.78 Å². The molecule has 0 aromatic heterocycles. The van der Waals surface area contributed by atoms with Crippen LogP contribution in [0.25, 0.3) is 0 Å². The molecule has 3 aliphatic carbocycles. The first-order chi connectivity index (χ1) is 15.8. The topological polar surface area (TPSA) is 0 Å². The van der Waals surface area contributed by atoms with Crippen molar-refractivity contribution in [1.29, 1.82) is 0 Å². The van der Waals surface area contributed by atoms with Gasteiger partial charge in [-0.05, 0) is 124 Å². The van der Waals surface area contributed by atoms with Gasteiger partial charge in [0.1, 0.15) is 17.2 Å². The van der Waals surface area contributed by atoms with Crippen LogP contribution < -0.4 is 0 Å². The lowest BCUT2D eigenvalue weighted by Crippen LogP contribution is -2.34. The Labute approximate surface area is 195 Å². The molecule has 4 unspecified atom stereocenters. The Bertz CT molecular complexity index is 795. The van der Waals surface area contributed by atoms with Crippen molar-refractivity contribution in [1.82, 2.24) is 0 Å². The SMILES string of the molecule is C/C=C/CCC1CCC(C2CCC3CC(c4cc(F)c(C(F)(F)F)c(F)c4)CCC3C2)CC1.